The third kappa shape index (κ3) is 3.96. The lowest BCUT2D eigenvalue weighted by molar-refractivity contribution is -0.126. The van der Waals surface area contributed by atoms with Crippen molar-refractivity contribution < 1.29 is 4.79 Å². The molecule has 1 atom stereocenters. The van der Waals surface area contributed by atoms with E-state index in [-0.39, 0.29) is 11.9 Å². The summed E-state index contributed by atoms with van der Waals surface area (Å²) < 4.78 is 0. The van der Waals surface area contributed by atoms with Crippen LogP contribution >= 0.6 is 0 Å². The molecule has 0 aliphatic heterocycles. The van der Waals surface area contributed by atoms with Gasteiger partial charge < -0.3 is 11.1 Å². The minimum atomic E-state index is -0.0284. The largest absolute Gasteiger partial charge is 0.355 e. The Morgan fingerprint density at radius 3 is 2.41 bits per heavy atom. The molecule has 3 N–H and O–H groups in total. The molecular weight excluding hydrogens is 214 g/mol. The Morgan fingerprint density at radius 2 is 1.94 bits per heavy atom. The van der Waals surface area contributed by atoms with Crippen molar-refractivity contribution in [3.8, 4) is 0 Å². The van der Waals surface area contributed by atoms with Gasteiger partial charge in [0.15, 0.2) is 0 Å². The van der Waals surface area contributed by atoms with E-state index in [4.69, 9.17) is 5.73 Å². The standard InChI is InChI=1S/C13H27N3O/c1-4-15-13(17)10(3)16(5-2)12-8-6-11(14)7-9-12/h10-12H,4-9,14H2,1-3H3,(H,15,17). The van der Waals surface area contributed by atoms with Gasteiger partial charge >= 0.3 is 0 Å². The van der Waals surface area contributed by atoms with Gasteiger partial charge in [-0.05, 0) is 46.1 Å². The minimum absolute atomic E-state index is 0.0284. The molecule has 100 valence electrons. The van der Waals surface area contributed by atoms with Crippen molar-refractivity contribution in [3.63, 3.8) is 0 Å². The predicted octanol–water partition coefficient (Wildman–Crippen LogP) is 1.10. The Labute approximate surface area is 105 Å². The fraction of sp³-hybridized carbons (Fsp3) is 0.923. The average Bonchev–Trinajstić information content (AvgIpc) is 2.32. The van der Waals surface area contributed by atoms with E-state index in [1.54, 1.807) is 0 Å². The summed E-state index contributed by atoms with van der Waals surface area (Å²) in [6, 6.07) is 0.862. The van der Waals surface area contributed by atoms with Gasteiger partial charge in [-0.1, -0.05) is 6.92 Å². The van der Waals surface area contributed by atoms with E-state index >= 15 is 0 Å². The van der Waals surface area contributed by atoms with Crippen LogP contribution in [0.3, 0.4) is 0 Å². The first-order valence-electron chi connectivity index (χ1n) is 6.89. The summed E-state index contributed by atoms with van der Waals surface area (Å²) in [6.45, 7) is 7.72. The lowest BCUT2D eigenvalue weighted by Crippen LogP contribution is -2.51. The zero-order valence-corrected chi connectivity index (χ0v) is 11.4. The van der Waals surface area contributed by atoms with Crippen LogP contribution in [-0.4, -0.2) is 42.0 Å². The van der Waals surface area contributed by atoms with Crippen LogP contribution in [0.2, 0.25) is 0 Å². The first kappa shape index (κ1) is 14.5. The van der Waals surface area contributed by atoms with Crippen molar-refractivity contribution in [1.29, 1.82) is 0 Å². The van der Waals surface area contributed by atoms with Crippen molar-refractivity contribution in [2.24, 2.45) is 5.73 Å². The molecule has 0 aromatic heterocycles. The van der Waals surface area contributed by atoms with Crippen LogP contribution in [0.5, 0.6) is 0 Å². The number of nitrogens with two attached hydrogens (primary N) is 1. The molecule has 0 radical (unpaired) electrons. The van der Waals surface area contributed by atoms with Crippen LogP contribution in [0.15, 0.2) is 0 Å². The van der Waals surface area contributed by atoms with Gasteiger partial charge in [0.2, 0.25) is 5.91 Å². The van der Waals surface area contributed by atoms with Crippen molar-refractivity contribution in [3.05, 3.63) is 0 Å². The maximum atomic E-state index is 11.9. The molecule has 4 heteroatoms. The van der Waals surface area contributed by atoms with E-state index in [1.165, 1.54) is 0 Å². The summed E-state index contributed by atoms with van der Waals surface area (Å²) >= 11 is 0. The number of hydrogen-bond donors (Lipinski definition) is 2. The monoisotopic (exact) mass is 241 g/mol. The van der Waals surface area contributed by atoms with Gasteiger partial charge in [-0.2, -0.15) is 0 Å². The lowest BCUT2D eigenvalue weighted by Gasteiger charge is -2.38. The molecule has 0 aromatic carbocycles. The van der Waals surface area contributed by atoms with Crippen molar-refractivity contribution in [1.82, 2.24) is 10.2 Å². The highest BCUT2D eigenvalue weighted by molar-refractivity contribution is 5.81. The van der Waals surface area contributed by atoms with Gasteiger partial charge in [0.1, 0.15) is 0 Å². The summed E-state index contributed by atoms with van der Waals surface area (Å²) in [6.07, 6.45) is 4.42. The summed E-state index contributed by atoms with van der Waals surface area (Å²) in [5, 5.41) is 2.90. The van der Waals surface area contributed by atoms with E-state index in [2.05, 4.69) is 17.1 Å². The minimum Gasteiger partial charge on any atom is -0.355 e. The smallest absolute Gasteiger partial charge is 0.237 e. The number of nitrogens with one attached hydrogen (secondary N) is 1. The highest BCUT2D eigenvalue weighted by atomic mass is 16.2. The van der Waals surface area contributed by atoms with Crippen LogP contribution in [0, 0.1) is 0 Å². The number of hydrogen-bond acceptors (Lipinski definition) is 3. The van der Waals surface area contributed by atoms with E-state index in [1.807, 2.05) is 13.8 Å². The van der Waals surface area contributed by atoms with Crippen molar-refractivity contribution in [2.75, 3.05) is 13.1 Å². The van der Waals surface area contributed by atoms with Crippen LogP contribution in [0.1, 0.15) is 46.5 Å². The highest BCUT2D eigenvalue weighted by Crippen LogP contribution is 2.23. The predicted molar refractivity (Wildman–Crippen MR) is 70.8 cm³/mol. The Morgan fingerprint density at radius 1 is 1.35 bits per heavy atom. The fourth-order valence-corrected chi connectivity index (χ4v) is 2.75. The van der Waals surface area contributed by atoms with Crippen molar-refractivity contribution >= 4 is 5.91 Å². The summed E-state index contributed by atoms with van der Waals surface area (Å²) in [7, 11) is 0. The molecule has 0 bridgehead atoms. The second kappa shape index (κ2) is 6.97. The molecule has 1 saturated carbocycles. The van der Waals surface area contributed by atoms with E-state index in [0.717, 1.165) is 32.2 Å². The first-order valence-corrected chi connectivity index (χ1v) is 6.89. The number of carbonyl (C=O) groups excluding carboxylic acids is 1. The quantitative estimate of drug-likeness (QED) is 0.758. The fourth-order valence-electron chi connectivity index (χ4n) is 2.75. The second-order valence-corrected chi connectivity index (χ2v) is 4.97. The van der Waals surface area contributed by atoms with Crippen LogP contribution in [0.25, 0.3) is 0 Å². The SMILES string of the molecule is CCNC(=O)C(C)N(CC)C1CCC(N)CC1. The van der Waals surface area contributed by atoms with Gasteiger partial charge in [-0.3, -0.25) is 9.69 Å². The molecular formula is C13H27N3O. The molecule has 1 rings (SSSR count). The zero-order valence-electron chi connectivity index (χ0n) is 11.4. The number of rotatable bonds is 5. The third-order valence-electron chi connectivity index (χ3n) is 3.80. The molecule has 1 fully saturated rings. The Hall–Kier alpha value is -0.610. The van der Waals surface area contributed by atoms with Crippen LogP contribution in [-0.2, 0) is 4.79 Å². The van der Waals surface area contributed by atoms with E-state index < -0.39 is 0 Å². The molecule has 0 spiro atoms. The Balaban J connectivity index is 2.54. The molecule has 0 saturated heterocycles. The molecule has 1 amide bonds. The number of nitrogens with zero attached hydrogens (tertiary/aromatic N) is 1. The van der Waals surface area contributed by atoms with Crippen LogP contribution < -0.4 is 11.1 Å². The average molecular weight is 241 g/mol. The van der Waals surface area contributed by atoms with Gasteiger partial charge in [-0.15, -0.1) is 0 Å². The molecule has 1 unspecified atom stereocenters. The van der Waals surface area contributed by atoms with Gasteiger partial charge in [0.05, 0.1) is 6.04 Å². The van der Waals surface area contributed by atoms with Crippen molar-refractivity contribution in [2.45, 2.75) is 64.6 Å². The molecule has 1 aliphatic rings. The third-order valence-corrected chi connectivity index (χ3v) is 3.80. The first-order chi connectivity index (χ1) is 8.10. The molecule has 0 aromatic rings. The molecule has 17 heavy (non-hydrogen) atoms. The Bertz CT molecular complexity index is 237. The topological polar surface area (TPSA) is 58.4 Å². The summed E-state index contributed by atoms with van der Waals surface area (Å²) in [5.74, 6) is 0.143. The maximum absolute atomic E-state index is 11.9. The van der Waals surface area contributed by atoms with E-state index in [9.17, 15) is 4.79 Å². The Kier molecular flexibility index (Phi) is 5.92. The summed E-state index contributed by atoms with van der Waals surface area (Å²) in [4.78, 5) is 14.2. The number of amides is 1. The molecule has 1 aliphatic carbocycles. The maximum Gasteiger partial charge on any atom is 0.237 e. The number of likely N-dealkylation sites (N-methyl/N-ethyl adjacent to an activating group) is 2. The van der Waals surface area contributed by atoms with E-state index in [0.29, 0.717) is 18.6 Å². The normalized spacial score (nSPS) is 26.9. The number of carbonyl (C=O) groups is 1. The van der Waals surface area contributed by atoms with Crippen LogP contribution in [0.4, 0.5) is 0 Å². The summed E-state index contributed by atoms with van der Waals surface area (Å²) in [5.41, 5.74) is 5.92. The lowest BCUT2D eigenvalue weighted by atomic mass is 9.90. The second-order valence-electron chi connectivity index (χ2n) is 4.97. The highest BCUT2D eigenvalue weighted by Gasteiger charge is 2.29. The molecule has 4 nitrogen and oxygen atoms in total. The molecule has 0 heterocycles. The van der Waals surface area contributed by atoms with Gasteiger partial charge in [0, 0.05) is 18.6 Å². The van der Waals surface area contributed by atoms with Gasteiger partial charge in [-0.25, -0.2) is 0 Å². The van der Waals surface area contributed by atoms with Gasteiger partial charge in [0.25, 0.3) is 0 Å². The zero-order chi connectivity index (χ0) is 12.8.